The first-order valence-electron chi connectivity index (χ1n) is 5.76. The molecule has 0 amide bonds. The molecule has 94 valence electrons. The third kappa shape index (κ3) is 2.06. The van der Waals surface area contributed by atoms with Gasteiger partial charge < -0.3 is 5.84 Å². The summed E-state index contributed by atoms with van der Waals surface area (Å²) in [6, 6.07) is 13.5. The van der Waals surface area contributed by atoms with E-state index in [9.17, 15) is 0 Å². The van der Waals surface area contributed by atoms with Gasteiger partial charge in [0, 0.05) is 16.8 Å². The van der Waals surface area contributed by atoms with Crippen LogP contribution in [0.2, 0.25) is 5.02 Å². The topological polar surface area (TPSA) is 55.7 Å². The number of hydrogen-bond acceptors (Lipinski definition) is 3. The number of nitrogens with two attached hydrogens (primary N) is 1. The van der Waals surface area contributed by atoms with E-state index >= 15 is 0 Å². The summed E-state index contributed by atoms with van der Waals surface area (Å²) in [4.78, 5) is 4.57. The van der Waals surface area contributed by atoms with Crippen molar-refractivity contribution in [2.75, 3.05) is 0 Å². The quantitative estimate of drug-likeness (QED) is 0.442. The van der Waals surface area contributed by atoms with Gasteiger partial charge in [-0.25, -0.2) is 4.98 Å². The summed E-state index contributed by atoms with van der Waals surface area (Å²) >= 11 is 5.91. The van der Waals surface area contributed by atoms with Crippen LogP contribution in [0.25, 0.3) is 16.9 Å². The van der Waals surface area contributed by atoms with Crippen molar-refractivity contribution in [3.63, 3.8) is 0 Å². The summed E-state index contributed by atoms with van der Waals surface area (Å²) in [5.74, 6) is 6.06. The maximum Gasteiger partial charge on any atom is 0.145 e. The lowest BCUT2D eigenvalue weighted by molar-refractivity contribution is 1.16. The van der Waals surface area contributed by atoms with Crippen LogP contribution in [0.1, 0.15) is 5.69 Å². The van der Waals surface area contributed by atoms with Crippen molar-refractivity contribution in [1.82, 2.24) is 9.38 Å². The molecule has 0 radical (unpaired) electrons. The zero-order valence-corrected chi connectivity index (χ0v) is 10.7. The van der Waals surface area contributed by atoms with Gasteiger partial charge in [0.15, 0.2) is 0 Å². The van der Waals surface area contributed by atoms with Crippen molar-refractivity contribution in [3.8, 4) is 11.4 Å². The van der Waals surface area contributed by atoms with E-state index in [1.54, 1.807) is 6.21 Å². The third-order valence-corrected chi connectivity index (χ3v) is 3.13. The zero-order chi connectivity index (χ0) is 13.2. The molecule has 0 atom stereocenters. The van der Waals surface area contributed by atoms with Crippen LogP contribution < -0.4 is 5.84 Å². The molecular weight excluding hydrogens is 260 g/mol. The van der Waals surface area contributed by atoms with E-state index in [4.69, 9.17) is 17.4 Å². The molecule has 4 nitrogen and oxygen atoms in total. The lowest BCUT2D eigenvalue weighted by atomic mass is 10.2. The number of hydrogen-bond donors (Lipinski definition) is 1. The number of imidazole rings is 1. The van der Waals surface area contributed by atoms with Crippen LogP contribution in [0.4, 0.5) is 0 Å². The number of rotatable bonds is 2. The largest absolute Gasteiger partial charge is 0.323 e. The molecule has 0 fully saturated rings. The maximum atomic E-state index is 5.91. The van der Waals surface area contributed by atoms with Gasteiger partial charge in [0.1, 0.15) is 11.5 Å². The number of nitrogens with zero attached hydrogens (tertiary/aromatic N) is 3. The van der Waals surface area contributed by atoms with Crippen LogP contribution in [0.3, 0.4) is 0 Å². The van der Waals surface area contributed by atoms with Gasteiger partial charge in [-0.05, 0) is 36.4 Å². The molecule has 5 heteroatoms. The van der Waals surface area contributed by atoms with E-state index in [0.717, 1.165) is 22.6 Å². The Morgan fingerprint density at radius 1 is 1.16 bits per heavy atom. The molecule has 1 aromatic carbocycles. The zero-order valence-electron chi connectivity index (χ0n) is 9.99. The highest BCUT2D eigenvalue weighted by molar-refractivity contribution is 6.30. The number of pyridine rings is 1. The SMILES string of the molecule is N/N=C/c1nc(-c2ccc(Cl)cc2)n2ccccc12. The fraction of sp³-hybridized carbons (Fsp3) is 0. The molecule has 0 aliphatic rings. The molecule has 2 heterocycles. The minimum atomic E-state index is 0.702. The fourth-order valence-corrected chi connectivity index (χ4v) is 2.16. The van der Waals surface area contributed by atoms with Crippen LogP contribution in [-0.4, -0.2) is 15.6 Å². The Hall–Kier alpha value is -2.33. The van der Waals surface area contributed by atoms with Gasteiger partial charge in [-0.1, -0.05) is 17.7 Å². The second-order valence-electron chi connectivity index (χ2n) is 4.06. The molecule has 2 N–H and O–H groups in total. The van der Waals surface area contributed by atoms with Crippen LogP contribution in [0.15, 0.2) is 53.8 Å². The number of fused-ring (bicyclic) bond motifs is 1. The predicted octanol–water partition coefficient (Wildman–Crippen LogP) is 2.95. The lowest BCUT2D eigenvalue weighted by Crippen LogP contribution is -1.87. The van der Waals surface area contributed by atoms with E-state index < -0.39 is 0 Å². The summed E-state index contributed by atoms with van der Waals surface area (Å²) in [5, 5.41) is 4.26. The monoisotopic (exact) mass is 270 g/mol. The Balaban J connectivity index is 2.26. The standard InChI is InChI=1S/C14H11ClN4/c15-11-6-4-10(5-7-11)14-18-12(9-17-16)13-3-1-2-8-19(13)14/h1-9H,16H2/b17-9+. The Kier molecular flexibility index (Phi) is 2.93. The Labute approximate surface area is 115 Å². The molecule has 0 saturated carbocycles. The summed E-state index contributed by atoms with van der Waals surface area (Å²) < 4.78 is 2.00. The smallest absolute Gasteiger partial charge is 0.145 e. The van der Waals surface area contributed by atoms with Gasteiger partial charge in [-0.3, -0.25) is 4.40 Å². The van der Waals surface area contributed by atoms with Crippen LogP contribution in [0, 0.1) is 0 Å². The van der Waals surface area contributed by atoms with E-state index in [1.165, 1.54) is 0 Å². The molecule has 0 spiro atoms. The molecule has 3 rings (SSSR count). The molecule has 0 aliphatic carbocycles. The van der Waals surface area contributed by atoms with E-state index in [2.05, 4.69) is 10.1 Å². The van der Waals surface area contributed by atoms with Crippen molar-refractivity contribution in [2.24, 2.45) is 10.9 Å². The number of benzene rings is 1. The molecule has 0 unspecified atom stereocenters. The average molecular weight is 271 g/mol. The Morgan fingerprint density at radius 2 is 1.95 bits per heavy atom. The van der Waals surface area contributed by atoms with Crippen molar-refractivity contribution < 1.29 is 0 Å². The molecular formula is C14H11ClN4. The van der Waals surface area contributed by atoms with E-state index in [1.807, 2.05) is 53.1 Å². The second-order valence-corrected chi connectivity index (χ2v) is 4.50. The first-order chi connectivity index (χ1) is 9.29. The maximum absolute atomic E-state index is 5.91. The normalized spacial score (nSPS) is 11.4. The summed E-state index contributed by atoms with van der Waals surface area (Å²) in [7, 11) is 0. The Morgan fingerprint density at radius 3 is 2.68 bits per heavy atom. The first kappa shape index (κ1) is 11.7. The molecule has 0 aliphatic heterocycles. The summed E-state index contributed by atoms with van der Waals surface area (Å²) in [5.41, 5.74) is 2.69. The van der Waals surface area contributed by atoms with Gasteiger partial charge in [0.25, 0.3) is 0 Å². The highest BCUT2D eigenvalue weighted by Crippen LogP contribution is 2.23. The minimum Gasteiger partial charge on any atom is -0.323 e. The van der Waals surface area contributed by atoms with E-state index in [0.29, 0.717) is 5.02 Å². The van der Waals surface area contributed by atoms with Gasteiger partial charge >= 0.3 is 0 Å². The van der Waals surface area contributed by atoms with Gasteiger partial charge in [0.05, 0.1) is 11.7 Å². The highest BCUT2D eigenvalue weighted by atomic mass is 35.5. The van der Waals surface area contributed by atoms with Crippen molar-refractivity contribution in [2.45, 2.75) is 0 Å². The Bertz CT molecular complexity index is 744. The predicted molar refractivity (Wildman–Crippen MR) is 77.4 cm³/mol. The number of aromatic nitrogens is 2. The van der Waals surface area contributed by atoms with Crippen LogP contribution >= 0.6 is 11.6 Å². The van der Waals surface area contributed by atoms with Crippen molar-refractivity contribution >= 4 is 23.3 Å². The van der Waals surface area contributed by atoms with E-state index in [-0.39, 0.29) is 0 Å². The highest BCUT2D eigenvalue weighted by Gasteiger charge is 2.10. The lowest BCUT2D eigenvalue weighted by Gasteiger charge is -2.00. The van der Waals surface area contributed by atoms with Gasteiger partial charge in [-0.15, -0.1) is 0 Å². The van der Waals surface area contributed by atoms with Gasteiger partial charge in [0.2, 0.25) is 0 Å². The second kappa shape index (κ2) is 4.74. The van der Waals surface area contributed by atoms with Crippen molar-refractivity contribution in [1.29, 1.82) is 0 Å². The summed E-state index contributed by atoms with van der Waals surface area (Å²) in [6.45, 7) is 0. The average Bonchev–Trinajstić information content (AvgIpc) is 2.80. The minimum absolute atomic E-state index is 0.702. The van der Waals surface area contributed by atoms with Crippen LogP contribution in [-0.2, 0) is 0 Å². The fourth-order valence-electron chi connectivity index (χ4n) is 2.03. The molecule has 0 bridgehead atoms. The van der Waals surface area contributed by atoms with Crippen LogP contribution in [0.5, 0.6) is 0 Å². The third-order valence-electron chi connectivity index (χ3n) is 2.88. The van der Waals surface area contributed by atoms with Crippen molar-refractivity contribution in [3.05, 3.63) is 59.4 Å². The molecule has 2 aromatic heterocycles. The molecule has 0 saturated heterocycles. The first-order valence-corrected chi connectivity index (χ1v) is 6.13. The number of hydrazone groups is 1. The number of halogens is 1. The summed E-state index contributed by atoms with van der Waals surface area (Å²) in [6.07, 6.45) is 3.51. The molecule has 19 heavy (non-hydrogen) atoms. The molecule has 3 aromatic rings. The van der Waals surface area contributed by atoms with Gasteiger partial charge in [-0.2, -0.15) is 5.10 Å².